The molecule has 0 aliphatic heterocycles. The number of pyridine rings is 1. The molecule has 2 rings (SSSR count). The molecule has 17 heavy (non-hydrogen) atoms. The molecule has 0 radical (unpaired) electrons. The van der Waals surface area contributed by atoms with Crippen LogP contribution >= 0.6 is 0 Å². The number of nitrogens with zero attached hydrogens (tertiary/aromatic N) is 3. The van der Waals surface area contributed by atoms with Gasteiger partial charge in [0.05, 0.1) is 5.69 Å². The Labute approximate surface area is 98.3 Å². The van der Waals surface area contributed by atoms with Crippen LogP contribution in [0.3, 0.4) is 0 Å². The third kappa shape index (κ3) is 2.06. The molecule has 0 spiro atoms. The highest BCUT2D eigenvalue weighted by molar-refractivity contribution is 5.81. The molecule has 0 fully saturated rings. The summed E-state index contributed by atoms with van der Waals surface area (Å²) in [6.45, 7) is 3.49. The van der Waals surface area contributed by atoms with Crippen molar-refractivity contribution in [3.05, 3.63) is 17.8 Å². The van der Waals surface area contributed by atoms with Crippen LogP contribution in [0.4, 0.5) is 5.82 Å². The molecule has 6 heteroatoms. The highest BCUT2D eigenvalue weighted by Gasteiger charge is 2.12. The maximum atomic E-state index is 10.7. The van der Waals surface area contributed by atoms with Crippen LogP contribution < -0.4 is 5.32 Å². The molecule has 0 bridgehead atoms. The molecule has 2 aromatic rings. The molecule has 2 N–H and O–H groups in total. The summed E-state index contributed by atoms with van der Waals surface area (Å²) in [7, 11) is 1.81. The summed E-state index contributed by atoms with van der Waals surface area (Å²) in [6.07, 6.45) is 0. The minimum Gasteiger partial charge on any atom is -0.480 e. The average Bonchev–Trinajstić information content (AvgIpc) is 2.54. The number of hydrogen-bond donors (Lipinski definition) is 2. The Morgan fingerprint density at radius 2 is 2.24 bits per heavy atom. The van der Waals surface area contributed by atoms with E-state index < -0.39 is 12.0 Å². The predicted octanol–water partition coefficient (Wildman–Crippen LogP) is 1.16. The van der Waals surface area contributed by atoms with Gasteiger partial charge < -0.3 is 10.4 Å². The Morgan fingerprint density at radius 3 is 2.88 bits per heavy atom. The van der Waals surface area contributed by atoms with Crippen molar-refractivity contribution in [1.82, 2.24) is 14.8 Å². The monoisotopic (exact) mass is 234 g/mol. The number of fused-ring (bicyclic) bond motifs is 1. The van der Waals surface area contributed by atoms with E-state index in [9.17, 15) is 4.79 Å². The molecule has 0 saturated carbocycles. The number of carboxylic acids is 1. The van der Waals surface area contributed by atoms with Crippen LogP contribution in [0.15, 0.2) is 12.1 Å². The number of hydrogen-bond acceptors (Lipinski definition) is 4. The first kappa shape index (κ1) is 11.4. The van der Waals surface area contributed by atoms with Gasteiger partial charge in [0.1, 0.15) is 11.9 Å². The Hall–Kier alpha value is -2.11. The topological polar surface area (TPSA) is 80.0 Å². The van der Waals surface area contributed by atoms with Gasteiger partial charge in [0.2, 0.25) is 0 Å². The number of rotatable bonds is 3. The standard InChI is InChI=1S/C11H14N4O2/c1-6-8-4-5-9(12-7(2)11(16)17)13-10(8)15(3)14-6/h4-5,7H,1-3H3,(H,12,13)(H,16,17). The smallest absolute Gasteiger partial charge is 0.325 e. The first-order valence-corrected chi connectivity index (χ1v) is 5.28. The molecule has 1 atom stereocenters. The summed E-state index contributed by atoms with van der Waals surface area (Å²) >= 11 is 0. The maximum Gasteiger partial charge on any atom is 0.325 e. The molecule has 90 valence electrons. The van der Waals surface area contributed by atoms with Gasteiger partial charge in [-0.1, -0.05) is 0 Å². The van der Waals surface area contributed by atoms with E-state index in [1.165, 1.54) is 0 Å². The fourth-order valence-corrected chi connectivity index (χ4v) is 1.67. The zero-order chi connectivity index (χ0) is 12.6. The van der Waals surface area contributed by atoms with Gasteiger partial charge in [-0.25, -0.2) is 4.98 Å². The summed E-state index contributed by atoms with van der Waals surface area (Å²) in [4.78, 5) is 15.1. The summed E-state index contributed by atoms with van der Waals surface area (Å²) in [5.41, 5.74) is 1.65. The fraction of sp³-hybridized carbons (Fsp3) is 0.364. The van der Waals surface area contributed by atoms with Crippen LogP contribution in [-0.4, -0.2) is 31.9 Å². The van der Waals surface area contributed by atoms with Crippen LogP contribution in [0.2, 0.25) is 0 Å². The molecular formula is C11H14N4O2. The van der Waals surface area contributed by atoms with E-state index in [-0.39, 0.29) is 0 Å². The quantitative estimate of drug-likeness (QED) is 0.833. The minimum atomic E-state index is -0.909. The Morgan fingerprint density at radius 1 is 1.53 bits per heavy atom. The van der Waals surface area contributed by atoms with E-state index >= 15 is 0 Å². The lowest BCUT2D eigenvalue weighted by Gasteiger charge is -2.09. The predicted molar refractivity (Wildman–Crippen MR) is 64.0 cm³/mol. The first-order valence-electron chi connectivity index (χ1n) is 5.28. The van der Waals surface area contributed by atoms with Crippen molar-refractivity contribution < 1.29 is 9.90 Å². The van der Waals surface area contributed by atoms with Crippen LogP contribution in [0, 0.1) is 6.92 Å². The van der Waals surface area contributed by atoms with Crippen molar-refractivity contribution in [3.63, 3.8) is 0 Å². The normalized spacial score (nSPS) is 12.6. The third-order valence-electron chi connectivity index (χ3n) is 2.61. The number of carboxylic acid groups (broad SMARTS) is 1. The van der Waals surface area contributed by atoms with E-state index in [4.69, 9.17) is 5.11 Å². The second-order valence-corrected chi connectivity index (χ2v) is 3.98. The molecule has 6 nitrogen and oxygen atoms in total. The molecular weight excluding hydrogens is 220 g/mol. The Balaban J connectivity index is 2.38. The zero-order valence-electron chi connectivity index (χ0n) is 9.93. The molecule has 0 saturated heterocycles. The van der Waals surface area contributed by atoms with Crippen molar-refractivity contribution in [2.45, 2.75) is 19.9 Å². The average molecular weight is 234 g/mol. The van der Waals surface area contributed by atoms with Gasteiger partial charge in [-0.05, 0) is 26.0 Å². The lowest BCUT2D eigenvalue weighted by Crippen LogP contribution is -2.25. The molecule has 0 aliphatic rings. The van der Waals surface area contributed by atoms with Crippen LogP contribution in [-0.2, 0) is 11.8 Å². The highest BCUT2D eigenvalue weighted by Crippen LogP contribution is 2.18. The van der Waals surface area contributed by atoms with Crippen molar-refractivity contribution in [3.8, 4) is 0 Å². The first-order chi connectivity index (χ1) is 7.99. The van der Waals surface area contributed by atoms with Crippen molar-refractivity contribution in [2.75, 3.05) is 5.32 Å². The number of nitrogens with one attached hydrogen (secondary N) is 1. The lowest BCUT2D eigenvalue weighted by atomic mass is 10.2. The summed E-state index contributed by atoms with van der Waals surface area (Å²) in [6, 6.07) is 2.98. The number of aromatic nitrogens is 3. The van der Waals surface area contributed by atoms with Crippen molar-refractivity contribution in [2.24, 2.45) is 7.05 Å². The Kier molecular flexibility index (Phi) is 2.71. The van der Waals surface area contributed by atoms with Crippen LogP contribution in [0.5, 0.6) is 0 Å². The van der Waals surface area contributed by atoms with E-state index in [0.717, 1.165) is 16.7 Å². The van der Waals surface area contributed by atoms with E-state index in [1.807, 2.05) is 20.0 Å². The summed E-state index contributed by atoms with van der Waals surface area (Å²) in [5.74, 6) is -0.372. The zero-order valence-corrected chi connectivity index (χ0v) is 9.93. The van der Waals surface area contributed by atoms with Gasteiger partial charge in [0.25, 0.3) is 0 Å². The number of aliphatic carboxylic acids is 1. The van der Waals surface area contributed by atoms with Crippen molar-refractivity contribution >= 4 is 22.8 Å². The molecule has 0 aliphatic carbocycles. The van der Waals surface area contributed by atoms with Gasteiger partial charge in [0.15, 0.2) is 5.65 Å². The summed E-state index contributed by atoms with van der Waals surface area (Å²) in [5, 5.41) is 16.9. The van der Waals surface area contributed by atoms with Gasteiger partial charge >= 0.3 is 5.97 Å². The Bertz CT molecular complexity index is 576. The summed E-state index contributed by atoms with van der Waals surface area (Å²) < 4.78 is 1.68. The van der Waals surface area contributed by atoms with Crippen molar-refractivity contribution in [1.29, 1.82) is 0 Å². The number of carbonyl (C=O) groups is 1. The third-order valence-corrected chi connectivity index (χ3v) is 2.61. The molecule has 2 heterocycles. The SMILES string of the molecule is Cc1nn(C)c2nc(NC(C)C(=O)O)ccc12. The molecule has 0 amide bonds. The molecule has 2 aromatic heterocycles. The second kappa shape index (κ2) is 4.04. The maximum absolute atomic E-state index is 10.7. The molecule has 0 aromatic carbocycles. The number of aryl methyl sites for hydroxylation is 2. The lowest BCUT2D eigenvalue weighted by molar-refractivity contribution is -0.137. The largest absolute Gasteiger partial charge is 0.480 e. The number of anilines is 1. The van der Waals surface area contributed by atoms with Gasteiger partial charge in [-0.3, -0.25) is 9.48 Å². The highest BCUT2D eigenvalue weighted by atomic mass is 16.4. The van der Waals surface area contributed by atoms with Crippen LogP contribution in [0.25, 0.3) is 11.0 Å². The van der Waals surface area contributed by atoms with E-state index in [1.54, 1.807) is 17.7 Å². The van der Waals surface area contributed by atoms with Gasteiger partial charge in [-0.2, -0.15) is 5.10 Å². The van der Waals surface area contributed by atoms with E-state index in [0.29, 0.717) is 5.82 Å². The van der Waals surface area contributed by atoms with Crippen LogP contribution in [0.1, 0.15) is 12.6 Å². The van der Waals surface area contributed by atoms with E-state index in [2.05, 4.69) is 15.4 Å². The fourth-order valence-electron chi connectivity index (χ4n) is 1.67. The van der Waals surface area contributed by atoms with Gasteiger partial charge in [-0.15, -0.1) is 0 Å². The van der Waals surface area contributed by atoms with Gasteiger partial charge in [0, 0.05) is 12.4 Å². The minimum absolute atomic E-state index is 0.537. The second-order valence-electron chi connectivity index (χ2n) is 3.98. The molecule has 1 unspecified atom stereocenters.